The summed E-state index contributed by atoms with van der Waals surface area (Å²) in [5, 5.41) is 6.25. The molecule has 7 nitrogen and oxygen atoms in total. The van der Waals surface area contributed by atoms with Crippen molar-refractivity contribution in [2.24, 2.45) is 0 Å². The van der Waals surface area contributed by atoms with Gasteiger partial charge < -0.3 is 15.5 Å². The van der Waals surface area contributed by atoms with Crippen LogP contribution in [0.15, 0.2) is 48.5 Å². The molecule has 0 radical (unpaired) electrons. The predicted octanol–water partition coefficient (Wildman–Crippen LogP) is 3.36. The third-order valence-electron chi connectivity index (χ3n) is 5.16. The maximum atomic E-state index is 13.2. The number of benzene rings is 2. The van der Waals surface area contributed by atoms with Crippen molar-refractivity contribution in [2.75, 3.05) is 29.1 Å². The van der Waals surface area contributed by atoms with Crippen molar-refractivity contribution in [1.29, 1.82) is 0 Å². The molecule has 0 fully saturated rings. The molecule has 2 N–H and O–H groups in total. The van der Waals surface area contributed by atoms with Crippen LogP contribution in [-0.4, -0.2) is 48.3 Å². The van der Waals surface area contributed by atoms with E-state index < -0.39 is 6.04 Å². The second kappa shape index (κ2) is 9.28. The standard InChI is InChI=1S/C22H25ClN4O3/c1-14-12-20(28)25-18-6-4-5-7-19(18)27(14)21(29)13-26(3)15(2)22(30)24-17-10-8-16(23)9-11-17/h4-11,14-15H,12-13H2,1-3H3,(H,24,30)(H,25,28)/t14-,15-/m1/s1. The summed E-state index contributed by atoms with van der Waals surface area (Å²) in [4.78, 5) is 41.2. The van der Waals surface area contributed by atoms with Crippen molar-refractivity contribution in [3.05, 3.63) is 53.6 Å². The molecule has 3 amide bonds. The molecule has 2 aromatic rings. The number of carbonyl (C=O) groups is 3. The summed E-state index contributed by atoms with van der Waals surface area (Å²) in [6.07, 6.45) is 0.205. The fourth-order valence-corrected chi connectivity index (χ4v) is 3.50. The van der Waals surface area contributed by atoms with E-state index in [-0.39, 0.29) is 36.7 Å². The van der Waals surface area contributed by atoms with Gasteiger partial charge in [0.1, 0.15) is 0 Å². The first kappa shape index (κ1) is 21.8. The van der Waals surface area contributed by atoms with E-state index in [9.17, 15) is 14.4 Å². The number of anilines is 3. The molecule has 0 saturated heterocycles. The Morgan fingerprint density at radius 1 is 1.23 bits per heavy atom. The van der Waals surface area contributed by atoms with E-state index in [4.69, 9.17) is 11.6 Å². The lowest BCUT2D eigenvalue weighted by atomic mass is 10.1. The zero-order valence-electron chi connectivity index (χ0n) is 17.2. The zero-order valence-corrected chi connectivity index (χ0v) is 17.9. The number of nitrogens with zero attached hydrogens (tertiary/aromatic N) is 2. The van der Waals surface area contributed by atoms with E-state index in [0.29, 0.717) is 22.1 Å². The normalized spacial score (nSPS) is 17.0. The molecule has 0 bridgehead atoms. The van der Waals surface area contributed by atoms with E-state index in [1.54, 1.807) is 54.1 Å². The highest BCUT2D eigenvalue weighted by Crippen LogP contribution is 2.31. The highest BCUT2D eigenvalue weighted by Gasteiger charge is 2.31. The highest BCUT2D eigenvalue weighted by atomic mass is 35.5. The average Bonchev–Trinajstić information content (AvgIpc) is 2.83. The molecule has 30 heavy (non-hydrogen) atoms. The van der Waals surface area contributed by atoms with Crippen molar-refractivity contribution < 1.29 is 14.4 Å². The fraction of sp³-hybridized carbons (Fsp3) is 0.318. The first-order chi connectivity index (χ1) is 14.3. The summed E-state index contributed by atoms with van der Waals surface area (Å²) < 4.78 is 0. The molecular formula is C22H25ClN4O3. The van der Waals surface area contributed by atoms with Crippen LogP contribution in [0.5, 0.6) is 0 Å². The second-order valence-electron chi connectivity index (χ2n) is 7.47. The maximum absolute atomic E-state index is 13.2. The Balaban J connectivity index is 1.70. The van der Waals surface area contributed by atoms with Gasteiger partial charge in [-0.2, -0.15) is 0 Å². The first-order valence-corrected chi connectivity index (χ1v) is 10.1. The smallest absolute Gasteiger partial charge is 0.241 e. The van der Waals surface area contributed by atoms with Gasteiger partial charge in [-0.15, -0.1) is 0 Å². The van der Waals surface area contributed by atoms with Crippen LogP contribution in [0.2, 0.25) is 5.02 Å². The van der Waals surface area contributed by atoms with Crippen molar-refractivity contribution in [3.63, 3.8) is 0 Å². The number of para-hydroxylation sites is 2. The SMILES string of the molecule is C[C@H](C(=O)Nc1ccc(Cl)cc1)N(C)CC(=O)N1c2ccccc2NC(=O)C[C@H]1C. The third kappa shape index (κ3) is 4.98. The van der Waals surface area contributed by atoms with Gasteiger partial charge in [0, 0.05) is 23.2 Å². The monoisotopic (exact) mass is 428 g/mol. The lowest BCUT2D eigenvalue weighted by Crippen LogP contribution is -2.48. The number of rotatable bonds is 5. The molecule has 0 aromatic heterocycles. The number of amides is 3. The van der Waals surface area contributed by atoms with E-state index in [1.807, 2.05) is 25.1 Å². The van der Waals surface area contributed by atoms with E-state index in [2.05, 4.69) is 10.6 Å². The summed E-state index contributed by atoms with van der Waals surface area (Å²) in [5.74, 6) is -0.539. The number of halogens is 1. The molecule has 0 saturated carbocycles. The Labute approximate surface area is 181 Å². The molecule has 1 aliphatic rings. The van der Waals surface area contributed by atoms with Gasteiger partial charge in [0.2, 0.25) is 17.7 Å². The van der Waals surface area contributed by atoms with Crippen LogP contribution in [-0.2, 0) is 14.4 Å². The van der Waals surface area contributed by atoms with Gasteiger partial charge >= 0.3 is 0 Å². The third-order valence-corrected chi connectivity index (χ3v) is 5.42. The summed E-state index contributed by atoms with van der Waals surface area (Å²) >= 11 is 5.87. The van der Waals surface area contributed by atoms with Gasteiger partial charge in [0.05, 0.1) is 24.0 Å². The van der Waals surface area contributed by atoms with Crippen LogP contribution in [0.3, 0.4) is 0 Å². The number of nitrogens with one attached hydrogen (secondary N) is 2. The van der Waals surface area contributed by atoms with Crippen molar-refractivity contribution in [3.8, 4) is 0 Å². The van der Waals surface area contributed by atoms with Gasteiger partial charge in [-0.25, -0.2) is 0 Å². The van der Waals surface area contributed by atoms with Crippen molar-refractivity contribution in [1.82, 2.24) is 4.90 Å². The zero-order chi connectivity index (χ0) is 21.8. The van der Waals surface area contributed by atoms with Gasteiger partial charge in [-0.3, -0.25) is 19.3 Å². The predicted molar refractivity (Wildman–Crippen MR) is 119 cm³/mol. The second-order valence-corrected chi connectivity index (χ2v) is 7.91. The Morgan fingerprint density at radius 3 is 2.60 bits per heavy atom. The summed E-state index contributed by atoms with van der Waals surface area (Å²) in [5.41, 5.74) is 1.90. The van der Waals surface area contributed by atoms with Crippen LogP contribution in [0.4, 0.5) is 17.1 Å². The topological polar surface area (TPSA) is 81.8 Å². The van der Waals surface area contributed by atoms with Gasteiger partial charge in [-0.1, -0.05) is 23.7 Å². The fourth-order valence-electron chi connectivity index (χ4n) is 3.37. The minimum Gasteiger partial charge on any atom is -0.325 e. The molecule has 8 heteroatoms. The molecule has 0 aliphatic carbocycles. The van der Waals surface area contributed by atoms with E-state index in [0.717, 1.165) is 0 Å². The number of likely N-dealkylation sites (N-methyl/N-ethyl adjacent to an activating group) is 1. The molecule has 1 heterocycles. The maximum Gasteiger partial charge on any atom is 0.241 e. The lowest BCUT2D eigenvalue weighted by Gasteiger charge is -2.31. The number of hydrogen-bond acceptors (Lipinski definition) is 4. The minimum absolute atomic E-state index is 0.0298. The molecule has 158 valence electrons. The van der Waals surface area contributed by atoms with E-state index >= 15 is 0 Å². The number of hydrogen-bond donors (Lipinski definition) is 2. The molecule has 2 aromatic carbocycles. The Morgan fingerprint density at radius 2 is 1.90 bits per heavy atom. The van der Waals surface area contributed by atoms with Gasteiger partial charge in [0.25, 0.3) is 0 Å². The molecule has 0 unspecified atom stereocenters. The minimum atomic E-state index is -0.540. The summed E-state index contributed by atoms with van der Waals surface area (Å²) in [6.45, 7) is 3.61. The first-order valence-electron chi connectivity index (χ1n) is 9.74. The van der Waals surface area contributed by atoms with Crippen LogP contribution in [0, 0.1) is 0 Å². The van der Waals surface area contributed by atoms with Crippen molar-refractivity contribution >= 4 is 46.4 Å². The molecule has 3 rings (SSSR count). The summed E-state index contributed by atoms with van der Waals surface area (Å²) in [7, 11) is 1.72. The summed E-state index contributed by atoms with van der Waals surface area (Å²) in [6, 6.07) is 13.2. The van der Waals surface area contributed by atoms with Crippen LogP contribution < -0.4 is 15.5 Å². The molecule has 2 atom stereocenters. The average molecular weight is 429 g/mol. The Kier molecular flexibility index (Phi) is 6.74. The molecule has 1 aliphatic heterocycles. The van der Waals surface area contributed by atoms with E-state index in [1.165, 1.54) is 0 Å². The largest absolute Gasteiger partial charge is 0.325 e. The quantitative estimate of drug-likeness (QED) is 0.765. The highest BCUT2D eigenvalue weighted by molar-refractivity contribution is 6.30. The lowest BCUT2D eigenvalue weighted by molar-refractivity contribution is -0.123. The Hall–Kier alpha value is -2.90. The van der Waals surface area contributed by atoms with Crippen LogP contribution in [0.25, 0.3) is 0 Å². The molecular weight excluding hydrogens is 404 g/mol. The van der Waals surface area contributed by atoms with Gasteiger partial charge in [0.15, 0.2) is 0 Å². The Bertz CT molecular complexity index is 948. The van der Waals surface area contributed by atoms with Crippen molar-refractivity contribution in [2.45, 2.75) is 32.4 Å². The number of fused-ring (bicyclic) bond motifs is 1. The number of carbonyl (C=O) groups excluding carboxylic acids is 3. The van der Waals surface area contributed by atoms with Gasteiger partial charge in [-0.05, 0) is 57.3 Å². The molecule has 0 spiro atoms. The van der Waals surface area contributed by atoms with Crippen LogP contribution >= 0.6 is 11.6 Å². The van der Waals surface area contributed by atoms with Crippen LogP contribution in [0.1, 0.15) is 20.3 Å².